The van der Waals surface area contributed by atoms with Gasteiger partial charge in [0.15, 0.2) is 5.69 Å². The molecule has 0 aliphatic rings. The number of rotatable bonds is 2. The molecule has 0 spiro atoms. The summed E-state index contributed by atoms with van der Waals surface area (Å²) in [5, 5.41) is 13.7. The summed E-state index contributed by atoms with van der Waals surface area (Å²) < 4.78 is 6.52. The Kier molecular flexibility index (Phi) is 3.13. The molecule has 0 saturated carbocycles. The molecule has 0 saturated heterocycles. The second kappa shape index (κ2) is 5.31. The summed E-state index contributed by atoms with van der Waals surface area (Å²) in [5.74, 6) is -0.268. The van der Waals surface area contributed by atoms with Gasteiger partial charge in [0.2, 0.25) is 0 Å². The lowest BCUT2D eigenvalue weighted by Crippen LogP contribution is -2.27. The average molecular weight is 320 g/mol. The molecule has 2 aromatic heterocycles. The van der Waals surface area contributed by atoms with Gasteiger partial charge >= 0.3 is 11.1 Å². The van der Waals surface area contributed by atoms with E-state index < -0.39 is 5.63 Å². The van der Waals surface area contributed by atoms with Gasteiger partial charge in [-0.05, 0) is 40.8 Å². The Labute approximate surface area is 135 Å². The molecule has 2 heterocycles. The van der Waals surface area contributed by atoms with Crippen LogP contribution in [-0.2, 0) is 0 Å². The van der Waals surface area contributed by atoms with Gasteiger partial charge in [-0.3, -0.25) is 9.52 Å². The van der Waals surface area contributed by atoms with E-state index >= 15 is 0 Å². The van der Waals surface area contributed by atoms with E-state index in [2.05, 4.69) is 15.2 Å². The maximum absolute atomic E-state index is 12.1. The third-order valence-corrected chi connectivity index (χ3v) is 3.65. The number of aromatic nitrogens is 3. The molecular formula is C17H12N4O3. The number of aromatic amines is 1. The van der Waals surface area contributed by atoms with Crippen LogP contribution in [-0.4, -0.2) is 16.2 Å². The molecule has 7 nitrogen and oxygen atoms in total. The highest BCUT2D eigenvalue weighted by atomic mass is 16.5. The highest BCUT2D eigenvalue weighted by Gasteiger charge is 2.24. The number of para-hydroxylation sites is 2. The summed E-state index contributed by atoms with van der Waals surface area (Å²) in [6.07, 6.45) is 0. The van der Waals surface area contributed by atoms with Crippen molar-refractivity contribution in [1.82, 2.24) is 10.3 Å². The molecule has 24 heavy (non-hydrogen) atoms. The summed E-state index contributed by atoms with van der Waals surface area (Å²) in [6.45, 7) is 1.39. The van der Waals surface area contributed by atoms with Crippen molar-refractivity contribution in [2.45, 2.75) is 6.92 Å². The Morgan fingerprint density at radius 1 is 1.21 bits per heavy atom. The average Bonchev–Trinajstić information content (AvgIpc) is 2.97. The number of nitrogens with one attached hydrogen (secondary N) is 1. The number of fused-ring (bicyclic) bond motifs is 3. The Morgan fingerprint density at radius 2 is 1.96 bits per heavy atom. The molecule has 0 fully saturated rings. The van der Waals surface area contributed by atoms with Crippen molar-refractivity contribution in [1.29, 1.82) is 0 Å². The van der Waals surface area contributed by atoms with Gasteiger partial charge in [0.05, 0.1) is 5.69 Å². The van der Waals surface area contributed by atoms with Crippen molar-refractivity contribution in [3.63, 3.8) is 0 Å². The summed E-state index contributed by atoms with van der Waals surface area (Å²) >= 11 is 0. The molecule has 0 radical (unpaired) electrons. The summed E-state index contributed by atoms with van der Waals surface area (Å²) in [7, 11) is 0. The van der Waals surface area contributed by atoms with Crippen molar-refractivity contribution in [2.24, 2.45) is 4.99 Å². The van der Waals surface area contributed by atoms with Gasteiger partial charge in [-0.2, -0.15) is 0 Å². The Bertz CT molecular complexity index is 1140. The normalized spacial score (nSPS) is 12.1. The lowest BCUT2D eigenvalue weighted by Gasteiger charge is -2.04. The van der Waals surface area contributed by atoms with Crippen molar-refractivity contribution in [3.8, 4) is 11.3 Å². The van der Waals surface area contributed by atoms with Crippen LogP contribution in [0.25, 0.3) is 27.8 Å². The second-order valence-electron chi connectivity index (χ2n) is 5.29. The second-order valence-corrected chi connectivity index (χ2v) is 5.29. The van der Waals surface area contributed by atoms with Crippen LogP contribution in [0.2, 0.25) is 0 Å². The van der Waals surface area contributed by atoms with Gasteiger partial charge < -0.3 is 5.11 Å². The molecule has 4 rings (SSSR count). The molecule has 2 aromatic carbocycles. The monoisotopic (exact) mass is 320 g/mol. The number of H-pyrrole nitrogens is 1. The zero-order valence-corrected chi connectivity index (χ0v) is 12.7. The molecule has 7 heteroatoms. The minimum absolute atomic E-state index is 0.268. The van der Waals surface area contributed by atoms with Crippen molar-refractivity contribution < 1.29 is 14.1 Å². The first-order valence-corrected chi connectivity index (χ1v) is 7.28. The van der Waals surface area contributed by atoms with Gasteiger partial charge in [-0.15, -0.1) is 0 Å². The Hall–Kier alpha value is -3.48. The van der Waals surface area contributed by atoms with Crippen LogP contribution in [0.15, 0.2) is 62.8 Å². The third-order valence-electron chi connectivity index (χ3n) is 3.65. The van der Waals surface area contributed by atoms with E-state index in [0.717, 1.165) is 16.6 Å². The molecule has 0 unspecified atom stereocenters. The summed E-state index contributed by atoms with van der Waals surface area (Å²) in [6, 6.07) is 14.4. The summed E-state index contributed by atoms with van der Waals surface area (Å²) in [4.78, 5) is 20.6. The minimum atomic E-state index is -0.499. The van der Waals surface area contributed by atoms with Crippen molar-refractivity contribution >= 4 is 28.1 Å². The number of aliphatic imine (C=N–C) groups is 1. The predicted octanol–water partition coefficient (Wildman–Crippen LogP) is 1.33. The first-order chi connectivity index (χ1) is 11.6. The minimum Gasteiger partial charge on any atom is -0.862 e. The van der Waals surface area contributed by atoms with Crippen LogP contribution in [0.4, 0.5) is 5.69 Å². The lowest BCUT2D eigenvalue weighted by atomic mass is 10.1. The van der Waals surface area contributed by atoms with Gasteiger partial charge in [-0.25, -0.2) is 9.78 Å². The number of hydrogen-bond donors (Lipinski definition) is 1. The van der Waals surface area contributed by atoms with Crippen LogP contribution in [0.1, 0.15) is 6.92 Å². The molecule has 0 atom stereocenters. The highest BCUT2D eigenvalue weighted by molar-refractivity contribution is 5.81. The van der Waals surface area contributed by atoms with Crippen LogP contribution in [0, 0.1) is 0 Å². The van der Waals surface area contributed by atoms with E-state index in [1.807, 2.05) is 24.3 Å². The maximum Gasteiger partial charge on any atom is 0.437 e. The standard InChI is InChI=1S/C17H12N4O3/c1-10(22)18-12-8-6-11(7-9-12)15-16-17(23)24-20-21(16)14-5-3-2-4-13(14)19-15/h2-9H,1H3,(H-,18,19,20,22,23). The van der Waals surface area contributed by atoms with E-state index in [0.29, 0.717) is 16.9 Å². The molecule has 0 aliphatic carbocycles. The molecule has 0 amide bonds. The van der Waals surface area contributed by atoms with Crippen LogP contribution >= 0.6 is 0 Å². The number of benzene rings is 2. The third kappa shape index (κ3) is 2.23. The Balaban J connectivity index is 1.99. The van der Waals surface area contributed by atoms with Crippen LogP contribution in [0.3, 0.4) is 0 Å². The van der Waals surface area contributed by atoms with Gasteiger partial charge in [-0.1, -0.05) is 24.3 Å². The fraction of sp³-hybridized carbons (Fsp3) is 0.0588. The van der Waals surface area contributed by atoms with E-state index in [9.17, 15) is 9.90 Å². The van der Waals surface area contributed by atoms with E-state index in [4.69, 9.17) is 4.52 Å². The quantitative estimate of drug-likeness (QED) is 0.342. The number of nitrogens with zero attached hydrogens (tertiary/aromatic N) is 3. The van der Waals surface area contributed by atoms with Gasteiger partial charge in [0.1, 0.15) is 5.52 Å². The summed E-state index contributed by atoms with van der Waals surface area (Å²) in [5.41, 5.74) is 3.07. The molecular weight excluding hydrogens is 308 g/mol. The first kappa shape index (κ1) is 14.1. The first-order valence-electron chi connectivity index (χ1n) is 7.28. The highest BCUT2D eigenvalue weighted by Crippen LogP contribution is 2.24. The number of hydrogen-bond acceptors (Lipinski definition) is 5. The van der Waals surface area contributed by atoms with Crippen LogP contribution < -0.4 is 15.2 Å². The zero-order chi connectivity index (χ0) is 16.7. The molecule has 1 N–H and O–H groups in total. The van der Waals surface area contributed by atoms with Crippen molar-refractivity contribution in [3.05, 3.63) is 59.0 Å². The SMILES string of the molecule is CC([O-])=Nc1ccc(-c2nc3ccccc3[n+]3[nH]oc(=O)c23)cc1. The fourth-order valence-corrected chi connectivity index (χ4v) is 2.64. The van der Waals surface area contributed by atoms with E-state index in [-0.39, 0.29) is 5.90 Å². The molecule has 4 aromatic rings. The van der Waals surface area contributed by atoms with Gasteiger partial charge in [0, 0.05) is 11.6 Å². The maximum atomic E-state index is 12.1. The fourth-order valence-electron chi connectivity index (χ4n) is 2.64. The van der Waals surface area contributed by atoms with E-state index in [1.165, 1.54) is 6.92 Å². The zero-order valence-electron chi connectivity index (χ0n) is 12.7. The topological polar surface area (TPSA) is 98.4 Å². The lowest BCUT2D eigenvalue weighted by molar-refractivity contribution is -0.568. The van der Waals surface area contributed by atoms with Crippen molar-refractivity contribution in [2.75, 3.05) is 0 Å². The van der Waals surface area contributed by atoms with Gasteiger partial charge in [0.25, 0.3) is 5.52 Å². The smallest absolute Gasteiger partial charge is 0.437 e. The molecule has 0 aliphatic heterocycles. The molecule has 0 bridgehead atoms. The molecule has 118 valence electrons. The Morgan fingerprint density at radius 3 is 2.71 bits per heavy atom. The largest absolute Gasteiger partial charge is 0.862 e. The van der Waals surface area contributed by atoms with Crippen LogP contribution in [0.5, 0.6) is 0 Å². The predicted molar refractivity (Wildman–Crippen MR) is 86.0 cm³/mol. The van der Waals surface area contributed by atoms with E-state index in [1.54, 1.807) is 28.8 Å².